The molecule has 5 rings (SSSR count). The zero-order valence-electron chi connectivity index (χ0n) is 16.1. The first-order valence-corrected chi connectivity index (χ1v) is 10.9. The van der Waals surface area contributed by atoms with Crippen molar-refractivity contribution in [3.05, 3.63) is 24.2 Å². The number of hydrogen-bond donors (Lipinski definition) is 0. The molecule has 0 amide bonds. The molecule has 0 aliphatic carbocycles. The summed E-state index contributed by atoms with van der Waals surface area (Å²) in [6.45, 7) is 6.15. The van der Waals surface area contributed by atoms with Gasteiger partial charge in [0.1, 0.15) is 30.1 Å². The second-order valence-electron chi connectivity index (χ2n) is 7.30. The highest BCUT2D eigenvalue weighted by Crippen LogP contribution is 2.36. The van der Waals surface area contributed by atoms with Crippen LogP contribution in [0.15, 0.2) is 28.0 Å². The lowest BCUT2D eigenvalue weighted by atomic mass is 10.1. The highest BCUT2D eigenvalue weighted by atomic mass is 32.2. The summed E-state index contributed by atoms with van der Waals surface area (Å²) in [5.74, 6) is 1.55. The summed E-state index contributed by atoms with van der Waals surface area (Å²) in [5, 5.41) is 12.9. The Bertz CT molecular complexity index is 769. The van der Waals surface area contributed by atoms with Crippen LogP contribution in [0.25, 0.3) is 0 Å². The summed E-state index contributed by atoms with van der Waals surface area (Å²) in [6, 6.07) is 3.76. The van der Waals surface area contributed by atoms with Gasteiger partial charge in [-0.15, -0.1) is 5.10 Å². The van der Waals surface area contributed by atoms with Crippen LogP contribution < -0.4 is 0 Å². The van der Waals surface area contributed by atoms with Crippen LogP contribution in [0.2, 0.25) is 0 Å². The van der Waals surface area contributed by atoms with Gasteiger partial charge in [0.15, 0.2) is 0 Å². The minimum absolute atomic E-state index is 0.0538. The molecule has 0 aromatic carbocycles. The Morgan fingerprint density at radius 1 is 1.17 bits per heavy atom. The van der Waals surface area contributed by atoms with Crippen molar-refractivity contribution in [3.63, 3.8) is 0 Å². The van der Waals surface area contributed by atoms with Crippen LogP contribution in [0.3, 0.4) is 0 Å². The molecular weight excluding hydrogens is 398 g/mol. The van der Waals surface area contributed by atoms with E-state index < -0.39 is 0 Å². The van der Waals surface area contributed by atoms with E-state index in [1.807, 2.05) is 16.8 Å². The molecule has 29 heavy (non-hydrogen) atoms. The molecule has 10 nitrogen and oxygen atoms in total. The van der Waals surface area contributed by atoms with Crippen LogP contribution in [0.1, 0.15) is 11.8 Å². The van der Waals surface area contributed by atoms with Crippen molar-refractivity contribution in [3.8, 4) is 0 Å². The van der Waals surface area contributed by atoms with E-state index in [1.54, 1.807) is 6.26 Å². The second-order valence-corrected chi connectivity index (χ2v) is 8.24. The number of rotatable bonds is 8. The van der Waals surface area contributed by atoms with Gasteiger partial charge in [0.25, 0.3) is 0 Å². The molecule has 5 heterocycles. The number of morpholine rings is 1. The predicted octanol–water partition coefficient (Wildman–Crippen LogP) is 0.615. The van der Waals surface area contributed by atoms with Gasteiger partial charge in [-0.3, -0.25) is 4.90 Å². The Balaban J connectivity index is 1.15. The van der Waals surface area contributed by atoms with Crippen LogP contribution in [0.4, 0.5) is 0 Å². The summed E-state index contributed by atoms with van der Waals surface area (Å²) in [7, 11) is 0. The first-order chi connectivity index (χ1) is 14.4. The Morgan fingerprint density at radius 3 is 2.93 bits per heavy atom. The van der Waals surface area contributed by atoms with Gasteiger partial charge in [-0.2, -0.15) is 0 Å². The van der Waals surface area contributed by atoms with Gasteiger partial charge < -0.3 is 23.4 Å². The fraction of sp³-hybridized carbons (Fsp3) is 0.722. The van der Waals surface area contributed by atoms with Crippen molar-refractivity contribution in [2.24, 2.45) is 0 Å². The summed E-state index contributed by atoms with van der Waals surface area (Å²) in [5.41, 5.74) is 0. The first-order valence-electron chi connectivity index (χ1n) is 9.96. The number of aromatic nitrogens is 4. The van der Waals surface area contributed by atoms with Crippen molar-refractivity contribution in [2.45, 2.75) is 35.3 Å². The molecule has 0 spiro atoms. The van der Waals surface area contributed by atoms with Gasteiger partial charge in [0.05, 0.1) is 45.1 Å². The lowest BCUT2D eigenvalue weighted by Gasteiger charge is -2.27. The standard InChI is InChI=1S/C18H25N5O5S/c1-2-13(25-6-1)12-29-18-19-20-21-23(18)14-10-27-17-15(11-28-16(14)17)26-9-5-22-3-7-24-8-4-22/h1-2,6,14-17H,3-5,7-12H2/t14-,15-,16-,17+/m1/s1. The van der Waals surface area contributed by atoms with Gasteiger partial charge in [-0.25, -0.2) is 4.68 Å². The number of furan rings is 1. The highest BCUT2D eigenvalue weighted by Gasteiger charge is 2.50. The minimum Gasteiger partial charge on any atom is -0.468 e. The molecule has 158 valence electrons. The summed E-state index contributed by atoms with van der Waals surface area (Å²) in [4.78, 5) is 2.36. The summed E-state index contributed by atoms with van der Waals surface area (Å²) >= 11 is 1.54. The topological polar surface area (TPSA) is 96.9 Å². The van der Waals surface area contributed by atoms with Gasteiger partial charge in [-0.05, 0) is 22.6 Å². The lowest BCUT2D eigenvalue weighted by molar-refractivity contribution is -0.0450. The van der Waals surface area contributed by atoms with Gasteiger partial charge in [0, 0.05) is 19.6 Å². The van der Waals surface area contributed by atoms with Crippen molar-refractivity contribution in [2.75, 3.05) is 52.7 Å². The second kappa shape index (κ2) is 9.11. The number of fused-ring (bicyclic) bond motifs is 1. The van der Waals surface area contributed by atoms with Crippen molar-refractivity contribution in [1.82, 2.24) is 25.1 Å². The maximum atomic E-state index is 6.10. The molecule has 0 N–H and O–H groups in total. The van der Waals surface area contributed by atoms with Gasteiger partial charge >= 0.3 is 0 Å². The summed E-state index contributed by atoms with van der Waals surface area (Å²) < 4.78 is 30.8. The van der Waals surface area contributed by atoms with Crippen molar-refractivity contribution in [1.29, 1.82) is 0 Å². The van der Waals surface area contributed by atoms with E-state index in [9.17, 15) is 0 Å². The maximum absolute atomic E-state index is 6.10. The molecule has 2 aromatic heterocycles. The average Bonchev–Trinajstić information content (AvgIpc) is 3.53. The van der Waals surface area contributed by atoms with E-state index in [1.165, 1.54) is 11.8 Å². The molecule has 11 heteroatoms. The molecule has 2 aromatic rings. The molecule has 3 fully saturated rings. The van der Waals surface area contributed by atoms with E-state index in [2.05, 4.69) is 20.4 Å². The molecule has 0 radical (unpaired) electrons. The van der Waals surface area contributed by atoms with Crippen molar-refractivity contribution < 1.29 is 23.4 Å². The Hall–Kier alpha value is -1.50. The zero-order chi connectivity index (χ0) is 19.5. The molecule has 0 saturated carbocycles. The third-order valence-electron chi connectivity index (χ3n) is 5.53. The van der Waals surface area contributed by atoms with E-state index in [-0.39, 0.29) is 24.4 Å². The van der Waals surface area contributed by atoms with E-state index in [4.69, 9.17) is 23.4 Å². The summed E-state index contributed by atoms with van der Waals surface area (Å²) in [6.07, 6.45) is 1.42. The smallest absolute Gasteiger partial charge is 0.210 e. The maximum Gasteiger partial charge on any atom is 0.210 e. The van der Waals surface area contributed by atoms with Crippen LogP contribution in [-0.4, -0.2) is 96.1 Å². The monoisotopic (exact) mass is 423 g/mol. The molecule has 3 saturated heterocycles. The van der Waals surface area contributed by atoms with E-state index in [0.29, 0.717) is 25.6 Å². The normalized spacial score (nSPS) is 30.1. The van der Waals surface area contributed by atoms with Crippen LogP contribution in [-0.2, 0) is 24.7 Å². The average molecular weight is 423 g/mol. The van der Waals surface area contributed by atoms with Gasteiger partial charge in [0.2, 0.25) is 5.16 Å². The van der Waals surface area contributed by atoms with Crippen LogP contribution in [0.5, 0.6) is 0 Å². The number of ether oxygens (including phenoxy) is 4. The number of hydrogen-bond acceptors (Lipinski definition) is 10. The first kappa shape index (κ1) is 19.5. The lowest BCUT2D eigenvalue weighted by Crippen LogP contribution is -2.40. The van der Waals surface area contributed by atoms with Crippen LogP contribution >= 0.6 is 11.8 Å². The minimum atomic E-state index is -0.102. The Morgan fingerprint density at radius 2 is 2.07 bits per heavy atom. The third-order valence-corrected chi connectivity index (χ3v) is 6.48. The number of thioether (sulfide) groups is 1. The largest absolute Gasteiger partial charge is 0.468 e. The van der Waals surface area contributed by atoms with E-state index in [0.717, 1.165) is 43.8 Å². The Kier molecular flexibility index (Phi) is 6.11. The fourth-order valence-electron chi connectivity index (χ4n) is 3.97. The highest BCUT2D eigenvalue weighted by molar-refractivity contribution is 7.98. The quantitative estimate of drug-likeness (QED) is 0.562. The number of nitrogens with zero attached hydrogens (tertiary/aromatic N) is 5. The molecule has 0 unspecified atom stereocenters. The van der Waals surface area contributed by atoms with Gasteiger partial charge in [-0.1, -0.05) is 11.8 Å². The molecule has 4 atom stereocenters. The molecule has 3 aliphatic heterocycles. The van der Waals surface area contributed by atoms with E-state index >= 15 is 0 Å². The third kappa shape index (κ3) is 4.35. The fourth-order valence-corrected chi connectivity index (χ4v) is 4.81. The van der Waals surface area contributed by atoms with Crippen molar-refractivity contribution >= 4 is 11.8 Å². The number of tetrazole rings is 1. The molecule has 0 bridgehead atoms. The SMILES string of the molecule is c1coc(CSc2nnnn2[C@@H]2CO[C@@H]3[C@@H]2OC[C@H]3OCCN2CCOCC2)c1. The molecule has 3 aliphatic rings. The van der Waals surface area contributed by atoms with Crippen LogP contribution in [0, 0.1) is 0 Å². The molecular formula is C18H25N5O5S. The predicted molar refractivity (Wildman–Crippen MR) is 102 cm³/mol. The Labute approximate surface area is 172 Å². The zero-order valence-corrected chi connectivity index (χ0v) is 16.9.